The van der Waals surface area contributed by atoms with Crippen molar-refractivity contribution in [2.45, 2.75) is 46.6 Å². The fourth-order valence-corrected chi connectivity index (χ4v) is 1.30. The Balaban J connectivity index is 3.96. The van der Waals surface area contributed by atoms with E-state index in [4.69, 9.17) is 4.74 Å². The van der Waals surface area contributed by atoms with Crippen molar-refractivity contribution >= 4 is 6.29 Å². The first-order chi connectivity index (χ1) is 6.56. The summed E-state index contributed by atoms with van der Waals surface area (Å²) in [6.45, 7) is 8.70. The Morgan fingerprint density at radius 2 is 2.00 bits per heavy atom. The van der Waals surface area contributed by atoms with Crippen molar-refractivity contribution in [3.63, 3.8) is 0 Å². The van der Waals surface area contributed by atoms with Gasteiger partial charge in [0.25, 0.3) is 0 Å². The van der Waals surface area contributed by atoms with Crippen LogP contribution < -0.4 is 0 Å². The summed E-state index contributed by atoms with van der Waals surface area (Å²) in [6, 6.07) is 0. The van der Waals surface area contributed by atoms with Crippen molar-refractivity contribution in [2.24, 2.45) is 5.92 Å². The maximum Gasteiger partial charge on any atom is 0.145 e. The molecule has 2 heteroatoms. The number of carbonyl (C=O) groups is 1. The van der Waals surface area contributed by atoms with Crippen LogP contribution in [0.15, 0.2) is 11.6 Å². The van der Waals surface area contributed by atoms with Gasteiger partial charge >= 0.3 is 0 Å². The zero-order valence-electron chi connectivity index (χ0n) is 9.75. The lowest BCUT2D eigenvalue weighted by atomic mass is 10.0. The topological polar surface area (TPSA) is 26.3 Å². The van der Waals surface area contributed by atoms with Crippen LogP contribution in [0.1, 0.15) is 40.5 Å². The van der Waals surface area contributed by atoms with Crippen LogP contribution >= 0.6 is 0 Å². The number of hydrogen-bond acceptors (Lipinski definition) is 2. The van der Waals surface area contributed by atoms with Gasteiger partial charge in [0.1, 0.15) is 12.9 Å². The van der Waals surface area contributed by atoms with Crippen LogP contribution in [0.5, 0.6) is 0 Å². The first-order valence-corrected chi connectivity index (χ1v) is 5.24. The summed E-state index contributed by atoms with van der Waals surface area (Å²) < 4.78 is 5.44. The minimum Gasteiger partial charge on any atom is -0.370 e. The van der Waals surface area contributed by atoms with Gasteiger partial charge in [-0.3, -0.25) is 0 Å². The summed E-state index contributed by atoms with van der Waals surface area (Å²) in [5.74, 6) is 0.609. The van der Waals surface area contributed by atoms with Crippen molar-refractivity contribution in [2.75, 3.05) is 6.61 Å². The van der Waals surface area contributed by atoms with Gasteiger partial charge in [0.2, 0.25) is 0 Å². The average molecular weight is 198 g/mol. The summed E-state index contributed by atoms with van der Waals surface area (Å²) in [4.78, 5) is 10.2. The third-order valence-electron chi connectivity index (χ3n) is 1.92. The molecule has 0 saturated heterocycles. The molecule has 0 aliphatic heterocycles. The molecule has 0 rings (SSSR count). The zero-order chi connectivity index (χ0) is 11.0. The van der Waals surface area contributed by atoms with E-state index in [9.17, 15) is 4.79 Å². The Bertz CT molecular complexity index is 179. The van der Waals surface area contributed by atoms with Gasteiger partial charge in [-0.2, -0.15) is 0 Å². The number of rotatable bonds is 7. The molecule has 0 saturated carbocycles. The maximum atomic E-state index is 10.2. The maximum absolute atomic E-state index is 10.2. The summed E-state index contributed by atoms with van der Waals surface area (Å²) in [5.41, 5.74) is 1.30. The van der Waals surface area contributed by atoms with Crippen LogP contribution in [0.2, 0.25) is 0 Å². The van der Waals surface area contributed by atoms with Gasteiger partial charge in [-0.1, -0.05) is 25.5 Å². The van der Waals surface area contributed by atoms with Gasteiger partial charge < -0.3 is 9.53 Å². The Morgan fingerprint density at radius 1 is 1.36 bits per heavy atom. The van der Waals surface area contributed by atoms with E-state index in [1.807, 2.05) is 0 Å². The molecule has 14 heavy (non-hydrogen) atoms. The molecule has 0 N–H and O–H groups in total. The molecule has 0 bridgehead atoms. The van der Waals surface area contributed by atoms with Crippen LogP contribution in [-0.2, 0) is 9.53 Å². The first-order valence-electron chi connectivity index (χ1n) is 5.24. The lowest BCUT2D eigenvalue weighted by Crippen LogP contribution is -2.16. The molecule has 0 aromatic carbocycles. The minimum absolute atomic E-state index is 0.190. The van der Waals surface area contributed by atoms with Crippen LogP contribution in [0.25, 0.3) is 0 Å². The van der Waals surface area contributed by atoms with Gasteiger partial charge in [-0.15, -0.1) is 0 Å². The highest BCUT2D eigenvalue weighted by Gasteiger charge is 2.09. The van der Waals surface area contributed by atoms with E-state index in [-0.39, 0.29) is 12.7 Å². The van der Waals surface area contributed by atoms with E-state index in [1.54, 1.807) is 0 Å². The average Bonchev–Trinajstić information content (AvgIpc) is 2.09. The van der Waals surface area contributed by atoms with Crippen molar-refractivity contribution in [3.8, 4) is 0 Å². The molecule has 2 nitrogen and oxygen atoms in total. The van der Waals surface area contributed by atoms with E-state index in [0.29, 0.717) is 5.92 Å². The molecule has 82 valence electrons. The van der Waals surface area contributed by atoms with Crippen molar-refractivity contribution in [1.29, 1.82) is 0 Å². The highest BCUT2D eigenvalue weighted by molar-refractivity contribution is 5.50. The van der Waals surface area contributed by atoms with Crippen LogP contribution in [0.4, 0.5) is 0 Å². The fourth-order valence-electron chi connectivity index (χ4n) is 1.30. The standard InChI is InChI=1S/C12H22O2/c1-10(2)5-6-12(9-11(3)4)14-8-7-13/h5,7,11-12H,6,8-9H2,1-4H3. The second-order valence-corrected chi connectivity index (χ2v) is 4.27. The molecule has 0 radical (unpaired) electrons. The number of hydrogen-bond donors (Lipinski definition) is 0. The molecular weight excluding hydrogens is 176 g/mol. The fraction of sp³-hybridized carbons (Fsp3) is 0.750. The quantitative estimate of drug-likeness (QED) is 0.464. The van der Waals surface area contributed by atoms with Gasteiger partial charge in [0.05, 0.1) is 6.10 Å². The van der Waals surface area contributed by atoms with E-state index in [1.165, 1.54) is 5.57 Å². The van der Waals surface area contributed by atoms with Crippen molar-refractivity contribution in [3.05, 3.63) is 11.6 Å². The predicted molar refractivity (Wildman–Crippen MR) is 59.3 cm³/mol. The van der Waals surface area contributed by atoms with E-state index >= 15 is 0 Å². The summed E-state index contributed by atoms with van der Waals surface area (Å²) in [6.07, 6.45) is 5.09. The third kappa shape index (κ3) is 7.99. The van der Waals surface area contributed by atoms with Crippen LogP contribution in [0.3, 0.4) is 0 Å². The van der Waals surface area contributed by atoms with Gasteiger partial charge in [0, 0.05) is 0 Å². The molecular formula is C12H22O2. The molecule has 0 aromatic heterocycles. The molecule has 0 fully saturated rings. The van der Waals surface area contributed by atoms with Crippen LogP contribution in [0, 0.1) is 5.92 Å². The van der Waals surface area contributed by atoms with Gasteiger partial charge in [-0.25, -0.2) is 0 Å². The number of ether oxygens (including phenoxy) is 1. The Hall–Kier alpha value is -0.630. The largest absolute Gasteiger partial charge is 0.370 e. The van der Waals surface area contributed by atoms with Gasteiger partial charge in [0.15, 0.2) is 0 Å². The first kappa shape index (κ1) is 13.4. The number of allylic oxidation sites excluding steroid dienone is 1. The Morgan fingerprint density at radius 3 is 2.43 bits per heavy atom. The number of carbonyl (C=O) groups excluding carboxylic acids is 1. The van der Waals surface area contributed by atoms with Crippen molar-refractivity contribution in [1.82, 2.24) is 0 Å². The highest BCUT2D eigenvalue weighted by Crippen LogP contribution is 2.13. The third-order valence-corrected chi connectivity index (χ3v) is 1.92. The highest BCUT2D eigenvalue weighted by atomic mass is 16.5. The summed E-state index contributed by atoms with van der Waals surface area (Å²) >= 11 is 0. The predicted octanol–water partition coefficient (Wildman–Crippen LogP) is 2.97. The molecule has 0 aliphatic carbocycles. The van der Waals surface area contributed by atoms with E-state index < -0.39 is 0 Å². The van der Waals surface area contributed by atoms with Gasteiger partial charge in [-0.05, 0) is 32.6 Å². The molecule has 0 aliphatic rings. The second kappa shape index (κ2) is 7.74. The minimum atomic E-state index is 0.190. The number of aldehydes is 1. The normalized spacial score (nSPS) is 12.6. The SMILES string of the molecule is CC(C)=CCC(CC(C)C)OCC=O. The van der Waals surface area contributed by atoms with Crippen molar-refractivity contribution < 1.29 is 9.53 Å². The summed E-state index contributed by atoms with van der Waals surface area (Å²) in [7, 11) is 0. The molecule has 0 aromatic rings. The second-order valence-electron chi connectivity index (χ2n) is 4.27. The Labute approximate surface area is 87.3 Å². The lowest BCUT2D eigenvalue weighted by molar-refractivity contribution is -0.114. The van der Waals surface area contributed by atoms with E-state index in [0.717, 1.165) is 19.1 Å². The molecule has 1 atom stereocenters. The molecule has 0 spiro atoms. The monoisotopic (exact) mass is 198 g/mol. The van der Waals surface area contributed by atoms with E-state index in [2.05, 4.69) is 33.8 Å². The summed E-state index contributed by atoms with van der Waals surface area (Å²) in [5, 5.41) is 0. The van der Waals surface area contributed by atoms with Crippen LogP contribution in [-0.4, -0.2) is 19.0 Å². The lowest BCUT2D eigenvalue weighted by Gasteiger charge is -2.17. The molecule has 0 amide bonds. The zero-order valence-corrected chi connectivity index (χ0v) is 9.75. The smallest absolute Gasteiger partial charge is 0.145 e. The Kier molecular flexibility index (Phi) is 7.40. The molecule has 0 heterocycles. The molecule has 1 unspecified atom stereocenters.